The van der Waals surface area contributed by atoms with E-state index in [4.69, 9.17) is 10.8 Å². The second kappa shape index (κ2) is 4.09. The third-order valence-corrected chi connectivity index (χ3v) is 1.83. The number of phenolic OH excluding ortho intramolecular Hbond substituents is 2. The van der Waals surface area contributed by atoms with E-state index in [1.165, 1.54) is 12.1 Å². The Bertz CT molecular complexity index is 302. The van der Waals surface area contributed by atoms with Crippen LogP contribution in [0.4, 0.5) is 4.39 Å². The highest BCUT2D eigenvalue weighted by Crippen LogP contribution is 2.28. The van der Waals surface area contributed by atoms with Crippen molar-refractivity contribution in [3.8, 4) is 11.5 Å². The van der Waals surface area contributed by atoms with Crippen LogP contribution in [0.25, 0.3) is 0 Å². The maximum atomic E-state index is 12.9. The molecule has 0 atom stereocenters. The van der Waals surface area contributed by atoms with Crippen LogP contribution in [0.3, 0.4) is 0 Å². The van der Waals surface area contributed by atoms with E-state index < -0.39 is 17.3 Å². The number of nitrogens with two attached hydrogens (primary N) is 1. The lowest BCUT2D eigenvalue weighted by molar-refractivity contribution is 0.385. The Hall–Kier alpha value is -1.29. The molecular formula is C9H12FNO2. The van der Waals surface area contributed by atoms with Crippen LogP contribution in [0.5, 0.6) is 11.5 Å². The van der Waals surface area contributed by atoms with Gasteiger partial charge in [0.15, 0.2) is 11.5 Å². The molecule has 0 spiro atoms. The molecule has 0 bridgehead atoms. The van der Waals surface area contributed by atoms with Gasteiger partial charge in [-0.25, -0.2) is 0 Å². The first-order valence-electron chi connectivity index (χ1n) is 4.06. The Kier molecular flexibility index (Phi) is 3.08. The summed E-state index contributed by atoms with van der Waals surface area (Å²) in [5.74, 6) is -1.98. The highest BCUT2D eigenvalue weighted by Gasteiger charge is 2.10. The summed E-state index contributed by atoms with van der Waals surface area (Å²) >= 11 is 0. The van der Waals surface area contributed by atoms with Crippen LogP contribution in [0, 0.1) is 5.82 Å². The third kappa shape index (κ3) is 2.09. The first kappa shape index (κ1) is 9.80. The van der Waals surface area contributed by atoms with Gasteiger partial charge in [0.1, 0.15) is 0 Å². The Morgan fingerprint density at radius 2 is 2.00 bits per heavy atom. The van der Waals surface area contributed by atoms with E-state index in [9.17, 15) is 9.50 Å². The van der Waals surface area contributed by atoms with Crippen molar-refractivity contribution >= 4 is 0 Å². The van der Waals surface area contributed by atoms with Crippen molar-refractivity contribution in [2.24, 2.45) is 5.73 Å². The van der Waals surface area contributed by atoms with Gasteiger partial charge in [0.05, 0.1) is 0 Å². The number of halogens is 1. The summed E-state index contributed by atoms with van der Waals surface area (Å²) < 4.78 is 12.9. The molecule has 0 heterocycles. The summed E-state index contributed by atoms with van der Waals surface area (Å²) in [6.45, 7) is 0.488. The topological polar surface area (TPSA) is 66.5 Å². The van der Waals surface area contributed by atoms with E-state index in [1.54, 1.807) is 0 Å². The molecule has 0 aliphatic heterocycles. The summed E-state index contributed by atoms with van der Waals surface area (Å²) in [4.78, 5) is 0. The van der Waals surface area contributed by atoms with Crippen LogP contribution in [0.1, 0.15) is 12.0 Å². The van der Waals surface area contributed by atoms with Gasteiger partial charge >= 0.3 is 0 Å². The van der Waals surface area contributed by atoms with E-state index in [0.29, 0.717) is 24.9 Å². The molecule has 13 heavy (non-hydrogen) atoms. The fourth-order valence-corrected chi connectivity index (χ4v) is 1.09. The van der Waals surface area contributed by atoms with Crippen LogP contribution < -0.4 is 5.73 Å². The minimum absolute atomic E-state index is 0.473. The van der Waals surface area contributed by atoms with Crippen molar-refractivity contribution in [3.05, 3.63) is 23.5 Å². The van der Waals surface area contributed by atoms with Gasteiger partial charge in [0.25, 0.3) is 0 Å². The van der Waals surface area contributed by atoms with E-state index in [2.05, 4.69) is 0 Å². The van der Waals surface area contributed by atoms with E-state index in [1.807, 2.05) is 0 Å². The molecule has 4 heteroatoms. The van der Waals surface area contributed by atoms with Crippen molar-refractivity contribution in [3.63, 3.8) is 0 Å². The van der Waals surface area contributed by atoms with Crippen molar-refractivity contribution in [2.45, 2.75) is 12.8 Å². The minimum atomic E-state index is -0.963. The minimum Gasteiger partial charge on any atom is -0.505 e. The molecule has 3 nitrogen and oxygen atoms in total. The highest BCUT2D eigenvalue weighted by molar-refractivity contribution is 5.40. The Morgan fingerprint density at radius 3 is 2.62 bits per heavy atom. The van der Waals surface area contributed by atoms with Gasteiger partial charge in [-0.05, 0) is 31.0 Å². The smallest absolute Gasteiger partial charge is 0.206 e. The molecule has 0 fully saturated rings. The summed E-state index contributed by atoms with van der Waals surface area (Å²) in [6, 6.07) is 2.71. The number of rotatable bonds is 3. The molecule has 0 saturated heterocycles. The Morgan fingerprint density at radius 1 is 1.31 bits per heavy atom. The molecule has 1 aromatic rings. The molecule has 0 radical (unpaired) electrons. The quantitative estimate of drug-likeness (QED) is 0.661. The second-order valence-electron chi connectivity index (χ2n) is 2.80. The van der Waals surface area contributed by atoms with Gasteiger partial charge in [-0.1, -0.05) is 6.07 Å². The van der Waals surface area contributed by atoms with Gasteiger partial charge in [-0.2, -0.15) is 4.39 Å². The van der Waals surface area contributed by atoms with Crippen molar-refractivity contribution in [2.75, 3.05) is 6.54 Å². The zero-order valence-electron chi connectivity index (χ0n) is 7.13. The zero-order chi connectivity index (χ0) is 9.84. The summed E-state index contributed by atoms with van der Waals surface area (Å²) in [5.41, 5.74) is 5.74. The normalized spacial score (nSPS) is 10.3. The van der Waals surface area contributed by atoms with E-state index >= 15 is 0 Å². The number of phenols is 2. The van der Waals surface area contributed by atoms with Gasteiger partial charge in [-0.3, -0.25) is 0 Å². The van der Waals surface area contributed by atoms with Crippen LogP contribution in [-0.4, -0.2) is 16.8 Å². The number of aryl methyl sites for hydroxylation is 1. The zero-order valence-corrected chi connectivity index (χ0v) is 7.13. The fraction of sp³-hybridized carbons (Fsp3) is 0.333. The van der Waals surface area contributed by atoms with Crippen molar-refractivity contribution in [1.29, 1.82) is 0 Å². The molecule has 0 aliphatic carbocycles. The average molecular weight is 185 g/mol. The standard InChI is InChI=1S/C9H12FNO2/c10-8-7(12)4-3-6(9(8)13)2-1-5-11/h3-4,12-13H,1-2,5,11H2. The summed E-state index contributed by atoms with van der Waals surface area (Å²) in [6.07, 6.45) is 1.19. The molecule has 1 rings (SSSR count). The molecule has 4 N–H and O–H groups in total. The Balaban J connectivity index is 2.90. The van der Waals surface area contributed by atoms with Crippen LogP contribution >= 0.6 is 0 Å². The van der Waals surface area contributed by atoms with Gasteiger partial charge < -0.3 is 15.9 Å². The lowest BCUT2D eigenvalue weighted by atomic mass is 10.1. The molecule has 0 saturated carbocycles. The van der Waals surface area contributed by atoms with Crippen LogP contribution in [0.2, 0.25) is 0 Å². The fourth-order valence-electron chi connectivity index (χ4n) is 1.09. The molecule has 0 amide bonds. The summed E-state index contributed by atoms with van der Waals surface area (Å²) in [7, 11) is 0. The molecular weight excluding hydrogens is 173 g/mol. The maximum Gasteiger partial charge on any atom is 0.206 e. The SMILES string of the molecule is NCCCc1ccc(O)c(F)c1O. The lowest BCUT2D eigenvalue weighted by Gasteiger charge is -2.05. The summed E-state index contributed by atoms with van der Waals surface area (Å²) in [5, 5.41) is 18.1. The number of hydrogen-bond donors (Lipinski definition) is 3. The van der Waals surface area contributed by atoms with E-state index in [-0.39, 0.29) is 0 Å². The number of hydrogen-bond acceptors (Lipinski definition) is 3. The van der Waals surface area contributed by atoms with E-state index in [0.717, 1.165) is 0 Å². The maximum absolute atomic E-state index is 12.9. The highest BCUT2D eigenvalue weighted by atomic mass is 19.1. The predicted molar refractivity (Wildman–Crippen MR) is 47.1 cm³/mol. The third-order valence-electron chi connectivity index (χ3n) is 1.83. The molecule has 0 aromatic heterocycles. The molecule has 0 aliphatic rings. The van der Waals surface area contributed by atoms with Crippen LogP contribution in [-0.2, 0) is 6.42 Å². The van der Waals surface area contributed by atoms with Gasteiger partial charge in [-0.15, -0.1) is 0 Å². The first-order chi connectivity index (χ1) is 6.16. The first-order valence-corrected chi connectivity index (χ1v) is 4.06. The number of benzene rings is 1. The van der Waals surface area contributed by atoms with Gasteiger partial charge in [0.2, 0.25) is 5.82 Å². The molecule has 0 unspecified atom stereocenters. The Labute approximate surface area is 75.6 Å². The van der Waals surface area contributed by atoms with Crippen molar-refractivity contribution in [1.82, 2.24) is 0 Å². The monoisotopic (exact) mass is 185 g/mol. The second-order valence-corrected chi connectivity index (χ2v) is 2.80. The molecule has 72 valence electrons. The lowest BCUT2D eigenvalue weighted by Crippen LogP contribution is -2.00. The van der Waals surface area contributed by atoms with Crippen molar-refractivity contribution < 1.29 is 14.6 Å². The largest absolute Gasteiger partial charge is 0.505 e. The molecule has 1 aromatic carbocycles. The average Bonchev–Trinajstić information content (AvgIpc) is 2.13. The predicted octanol–water partition coefficient (Wildman–Crippen LogP) is 1.13. The van der Waals surface area contributed by atoms with Crippen LogP contribution in [0.15, 0.2) is 12.1 Å². The number of aromatic hydroxyl groups is 2. The van der Waals surface area contributed by atoms with Gasteiger partial charge in [0, 0.05) is 0 Å².